The van der Waals surface area contributed by atoms with Crippen LogP contribution in [0.25, 0.3) is 44.8 Å². The first kappa shape index (κ1) is 25.5. The average molecular weight is 565 g/mol. The number of nitrogens with zero attached hydrogens (tertiary/aromatic N) is 5. The number of piperidine rings is 1. The van der Waals surface area contributed by atoms with Crippen LogP contribution in [0.2, 0.25) is 0 Å². The highest BCUT2D eigenvalue weighted by atomic mass is 19.1. The Bertz CT molecular complexity index is 1870. The highest BCUT2D eigenvalue weighted by Gasteiger charge is 2.47. The van der Waals surface area contributed by atoms with Gasteiger partial charge in [0.15, 0.2) is 5.82 Å². The van der Waals surface area contributed by atoms with Crippen molar-refractivity contribution in [3.63, 3.8) is 0 Å². The van der Waals surface area contributed by atoms with E-state index < -0.39 is 0 Å². The molecule has 9 heteroatoms. The Kier molecular flexibility index (Phi) is 5.69. The molecule has 0 spiro atoms. The number of pyridine rings is 1. The van der Waals surface area contributed by atoms with Gasteiger partial charge in [0.25, 0.3) is 5.91 Å². The number of methoxy groups -OCH3 is 1. The summed E-state index contributed by atoms with van der Waals surface area (Å²) >= 11 is 0. The third-order valence-corrected chi connectivity index (χ3v) is 9.57. The highest BCUT2D eigenvalue weighted by Crippen LogP contribution is 2.40. The molecule has 4 heterocycles. The van der Waals surface area contributed by atoms with Crippen LogP contribution in [0.1, 0.15) is 36.0 Å². The van der Waals surface area contributed by atoms with Gasteiger partial charge in [-0.1, -0.05) is 0 Å². The number of fused-ring (bicyclic) bond motifs is 4. The summed E-state index contributed by atoms with van der Waals surface area (Å²) in [5.41, 5.74) is 12.1. The number of likely N-dealkylation sites (tertiary alicyclic amines) is 1. The Labute approximate surface area is 242 Å². The average Bonchev–Trinajstić information content (AvgIpc) is 3.41. The monoisotopic (exact) mass is 564 g/mol. The minimum atomic E-state index is -0.266. The lowest BCUT2D eigenvalue weighted by molar-refractivity contribution is 0.0700. The van der Waals surface area contributed by atoms with Crippen LogP contribution in [-0.2, 0) is 13.6 Å². The van der Waals surface area contributed by atoms with Crippen LogP contribution < -0.4 is 10.5 Å². The number of ether oxygens (including phenoxy) is 1. The molecule has 3 atom stereocenters. The van der Waals surface area contributed by atoms with Gasteiger partial charge >= 0.3 is 0 Å². The molecular formula is C33H33FN6O2. The van der Waals surface area contributed by atoms with Crippen molar-refractivity contribution in [1.82, 2.24) is 24.0 Å². The summed E-state index contributed by atoms with van der Waals surface area (Å²) in [4.78, 5) is 25.8. The zero-order chi connectivity index (χ0) is 28.7. The molecule has 0 radical (unpaired) electrons. The van der Waals surface area contributed by atoms with Crippen molar-refractivity contribution in [2.45, 2.75) is 44.3 Å². The van der Waals surface area contributed by atoms with Crippen molar-refractivity contribution in [1.29, 1.82) is 0 Å². The lowest BCUT2D eigenvalue weighted by Gasteiger charge is -2.27. The van der Waals surface area contributed by atoms with E-state index >= 15 is 0 Å². The first-order chi connectivity index (χ1) is 20.4. The Hall–Kier alpha value is -4.24. The number of nitrogens with two attached hydrogens (primary N) is 1. The Morgan fingerprint density at radius 2 is 1.86 bits per heavy atom. The van der Waals surface area contributed by atoms with E-state index in [0.717, 1.165) is 58.7 Å². The second-order valence-corrected chi connectivity index (χ2v) is 12.2. The summed E-state index contributed by atoms with van der Waals surface area (Å²) in [5, 5.41) is 1.02. The van der Waals surface area contributed by atoms with Crippen molar-refractivity contribution >= 4 is 28.0 Å². The summed E-state index contributed by atoms with van der Waals surface area (Å²) in [6, 6.07) is 16.5. The van der Waals surface area contributed by atoms with Gasteiger partial charge in [-0.3, -0.25) is 4.79 Å². The molecule has 3 fully saturated rings. The SMILES string of the molecule is COc1cc(C(=O)N2CC3CCC2[C@@H]3N)cc2nc(-c3cc4ccc(-c5ccc(F)cc5)nc4n3CC3CC3)n(C)c12. The van der Waals surface area contributed by atoms with Gasteiger partial charge < -0.3 is 24.5 Å². The van der Waals surface area contributed by atoms with Gasteiger partial charge in [0.1, 0.15) is 22.7 Å². The molecule has 2 saturated carbocycles. The molecule has 5 aromatic rings. The number of carbonyl (C=O) groups is 1. The Morgan fingerprint density at radius 3 is 2.55 bits per heavy atom. The van der Waals surface area contributed by atoms with E-state index in [0.29, 0.717) is 35.2 Å². The zero-order valence-electron chi connectivity index (χ0n) is 23.8. The Morgan fingerprint density at radius 1 is 1.05 bits per heavy atom. The predicted octanol–water partition coefficient (Wildman–Crippen LogP) is 5.38. The number of hydrogen-bond acceptors (Lipinski definition) is 5. The predicted molar refractivity (Wildman–Crippen MR) is 160 cm³/mol. The van der Waals surface area contributed by atoms with E-state index in [4.69, 9.17) is 20.4 Å². The summed E-state index contributed by atoms with van der Waals surface area (Å²) < 4.78 is 23.7. The van der Waals surface area contributed by atoms with E-state index in [1.807, 2.05) is 30.1 Å². The van der Waals surface area contributed by atoms with Gasteiger partial charge in [-0.15, -0.1) is 0 Å². The van der Waals surface area contributed by atoms with Crippen LogP contribution in [0.4, 0.5) is 4.39 Å². The van der Waals surface area contributed by atoms with E-state index in [9.17, 15) is 9.18 Å². The van der Waals surface area contributed by atoms with Crippen LogP contribution in [0.5, 0.6) is 5.75 Å². The smallest absolute Gasteiger partial charge is 0.254 e. The molecule has 2 unspecified atom stereocenters. The largest absolute Gasteiger partial charge is 0.494 e. The van der Waals surface area contributed by atoms with Crippen LogP contribution >= 0.6 is 0 Å². The second kappa shape index (κ2) is 9.39. The molecule has 214 valence electrons. The van der Waals surface area contributed by atoms with Crippen molar-refractivity contribution in [2.24, 2.45) is 24.6 Å². The lowest BCUT2D eigenvalue weighted by atomic mass is 10.1. The molecule has 1 saturated heterocycles. The normalized spacial score (nSPS) is 21.6. The molecule has 1 amide bonds. The van der Waals surface area contributed by atoms with E-state index in [2.05, 4.69) is 21.3 Å². The maximum atomic E-state index is 13.7. The number of amides is 1. The van der Waals surface area contributed by atoms with Crippen LogP contribution in [0.15, 0.2) is 54.6 Å². The first-order valence-corrected chi connectivity index (χ1v) is 14.8. The number of aryl methyl sites for hydroxylation is 1. The van der Waals surface area contributed by atoms with Crippen molar-refractivity contribution < 1.29 is 13.9 Å². The fourth-order valence-corrected chi connectivity index (χ4v) is 7.10. The topological polar surface area (TPSA) is 91.2 Å². The molecule has 2 N–H and O–H groups in total. The van der Waals surface area contributed by atoms with Crippen LogP contribution in [0.3, 0.4) is 0 Å². The third kappa shape index (κ3) is 3.94. The van der Waals surface area contributed by atoms with Crippen molar-refractivity contribution in [3.8, 4) is 28.5 Å². The molecule has 2 aliphatic carbocycles. The van der Waals surface area contributed by atoms with Gasteiger partial charge in [-0.25, -0.2) is 14.4 Å². The number of carbonyl (C=O) groups excluding carboxylic acids is 1. The maximum Gasteiger partial charge on any atom is 0.254 e. The zero-order valence-corrected chi connectivity index (χ0v) is 23.8. The molecule has 2 aromatic carbocycles. The first-order valence-electron chi connectivity index (χ1n) is 14.8. The van der Waals surface area contributed by atoms with Gasteiger partial charge in [0, 0.05) is 48.7 Å². The Balaban J connectivity index is 1.24. The number of halogens is 1. The fraction of sp³-hybridized carbons (Fsp3) is 0.364. The van der Waals surface area contributed by atoms with E-state index in [-0.39, 0.29) is 23.8 Å². The van der Waals surface area contributed by atoms with Gasteiger partial charge in [-0.05, 0) is 92.1 Å². The lowest BCUT2D eigenvalue weighted by Crippen LogP contribution is -2.41. The second-order valence-electron chi connectivity index (χ2n) is 12.2. The standard InChI is InChI=1S/C33H33FN6O2/c1-38-30-25(13-22(15-28(30)42-2)33(41)40-17-21-8-12-26(40)29(21)35)37-32(38)27-14-20-7-11-24(19-5-9-23(34)10-6-19)36-31(20)39(27)16-18-3-4-18/h5-7,9-11,13-15,18,21,26,29H,3-4,8,12,16-17,35H2,1-2H3/t21?,26?,29-/m1/s1. The maximum absolute atomic E-state index is 13.7. The van der Waals surface area contributed by atoms with Crippen molar-refractivity contribution in [3.05, 3.63) is 66.0 Å². The highest BCUT2D eigenvalue weighted by molar-refractivity contribution is 6.00. The third-order valence-electron chi connectivity index (χ3n) is 9.57. The van der Waals surface area contributed by atoms with Crippen LogP contribution in [0, 0.1) is 17.7 Å². The quantitative estimate of drug-likeness (QED) is 0.299. The number of rotatable bonds is 6. The fourth-order valence-electron chi connectivity index (χ4n) is 7.10. The van der Waals surface area contributed by atoms with E-state index in [1.54, 1.807) is 19.2 Å². The molecular weight excluding hydrogens is 531 g/mol. The number of benzene rings is 2. The molecule has 1 aliphatic heterocycles. The molecule has 2 bridgehead atoms. The van der Waals surface area contributed by atoms with Crippen LogP contribution in [-0.4, -0.2) is 55.6 Å². The number of aromatic nitrogens is 4. The summed E-state index contributed by atoms with van der Waals surface area (Å²) in [5.74, 6) is 2.12. The molecule has 8 rings (SSSR count). The summed E-state index contributed by atoms with van der Waals surface area (Å²) in [6.07, 6.45) is 4.45. The van der Waals surface area contributed by atoms with Gasteiger partial charge in [0.05, 0.1) is 24.0 Å². The summed E-state index contributed by atoms with van der Waals surface area (Å²) in [7, 11) is 3.62. The minimum absolute atomic E-state index is 0.00887. The van der Waals surface area contributed by atoms with Gasteiger partial charge in [-0.2, -0.15) is 0 Å². The van der Waals surface area contributed by atoms with Crippen molar-refractivity contribution in [2.75, 3.05) is 13.7 Å². The molecule has 3 aromatic heterocycles. The molecule has 3 aliphatic rings. The van der Waals surface area contributed by atoms with E-state index in [1.165, 1.54) is 25.0 Å². The van der Waals surface area contributed by atoms with Gasteiger partial charge in [0.2, 0.25) is 0 Å². The number of hydrogen-bond donors (Lipinski definition) is 1. The summed E-state index contributed by atoms with van der Waals surface area (Å²) in [6.45, 7) is 1.56. The number of imidazole rings is 1. The minimum Gasteiger partial charge on any atom is -0.494 e. The molecule has 8 nitrogen and oxygen atoms in total. The molecule has 42 heavy (non-hydrogen) atoms.